The van der Waals surface area contributed by atoms with Crippen LogP contribution in [0.15, 0.2) is 231 Å². The van der Waals surface area contributed by atoms with E-state index in [0.717, 1.165) is 73.5 Å². The SMILES string of the molecule is CN(c1ccccc1)c1ccc(N(c2ccccc2)c2ccc(N(c3ccccc3)c3ccc(N(c4ccccc4)c4cccc5ncccc45)cc3)cc2)cc1. The van der Waals surface area contributed by atoms with Gasteiger partial charge in [0.25, 0.3) is 0 Å². The standard InChI is InChI=1S/C52H41N5/c1-54(40-16-6-2-7-17-40)41-27-29-45(30-28-41)55(42-18-8-3-9-19-42)46-31-33-47(34-32-46)56(43-20-10-4-11-21-43)48-35-37-49(38-36-48)57(44-22-12-5-13-23-44)52-26-14-25-51-50(52)24-15-39-53-51/h2-39H,1H3. The molecule has 0 atom stereocenters. The van der Waals surface area contributed by atoms with Crippen molar-refractivity contribution < 1.29 is 0 Å². The minimum Gasteiger partial charge on any atom is -0.345 e. The van der Waals surface area contributed by atoms with Gasteiger partial charge in [-0.2, -0.15) is 0 Å². The summed E-state index contributed by atoms with van der Waals surface area (Å²) in [6, 6.07) is 78.9. The van der Waals surface area contributed by atoms with Crippen LogP contribution < -0.4 is 19.6 Å². The molecule has 0 amide bonds. The highest BCUT2D eigenvalue weighted by molar-refractivity contribution is 5.97. The Morgan fingerprint density at radius 1 is 0.281 bits per heavy atom. The van der Waals surface area contributed by atoms with Gasteiger partial charge >= 0.3 is 0 Å². The molecule has 0 spiro atoms. The van der Waals surface area contributed by atoms with Crippen LogP contribution in [-0.4, -0.2) is 12.0 Å². The molecule has 0 N–H and O–H groups in total. The molecule has 1 heterocycles. The predicted octanol–water partition coefficient (Wildman–Crippen LogP) is 14.4. The zero-order valence-corrected chi connectivity index (χ0v) is 31.7. The Morgan fingerprint density at radius 3 is 1.05 bits per heavy atom. The first kappa shape index (κ1) is 35.1. The van der Waals surface area contributed by atoms with E-state index in [4.69, 9.17) is 0 Å². The Labute approximate surface area is 334 Å². The summed E-state index contributed by atoms with van der Waals surface area (Å²) in [4.78, 5) is 13.8. The monoisotopic (exact) mass is 735 g/mol. The molecule has 0 bridgehead atoms. The molecule has 0 saturated heterocycles. The van der Waals surface area contributed by atoms with Crippen molar-refractivity contribution in [1.29, 1.82) is 0 Å². The molecular weight excluding hydrogens is 695 g/mol. The Balaban J connectivity index is 1.07. The van der Waals surface area contributed by atoms with Crippen molar-refractivity contribution in [3.8, 4) is 0 Å². The summed E-state index contributed by atoms with van der Waals surface area (Å²) in [6.45, 7) is 0. The number of aromatic nitrogens is 1. The second-order valence-electron chi connectivity index (χ2n) is 13.8. The minimum atomic E-state index is 0.963. The van der Waals surface area contributed by atoms with Gasteiger partial charge in [0, 0.05) is 75.5 Å². The van der Waals surface area contributed by atoms with Gasteiger partial charge in [-0.15, -0.1) is 0 Å². The largest absolute Gasteiger partial charge is 0.345 e. The smallest absolute Gasteiger partial charge is 0.0723 e. The van der Waals surface area contributed by atoms with E-state index in [2.05, 4.69) is 244 Å². The van der Waals surface area contributed by atoms with Gasteiger partial charge in [0.15, 0.2) is 0 Å². The zero-order chi connectivity index (χ0) is 38.4. The molecule has 9 rings (SSSR count). The molecule has 274 valence electrons. The van der Waals surface area contributed by atoms with E-state index in [1.165, 1.54) is 0 Å². The highest BCUT2D eigenvalue weighted by atomic mass is 15.2. The Morgan fingerprint density at radius 2 is 0.614 bits per heavy atom. The molecule has 8 aromatic carbocycles. The van der Waals surface area contributed by atoms with E-state index < -0.39 is 0 Å². The topological polar surface area (TPSA) is 25.9 Å². The summed E-state index contributed by atoms with van der Waals surface area (Å²) in [5.74, 6) is 0. The average Bonchev–Trinajstić information content (AvgIpc) is 3.29. The van der Waals surface area contributed by atoms with Crippen LogP contribution in [-0.2, 0) is 0 Å². The van der Waals surface area contributed by atoms with Gasteiger partial charge in [0.2, 0.25) is 0 Å². The number of nitrogens with zero attached hydrogens (tertiary/aromatic N) is 5. The van der Waals surface area contributed by atoms with Crippen LogP contribution in [0.3, 0.4) is 0 Å². The molecule has 0 radical (unpaired) electrons. The summed E-state index contributed by atoms with van der Waals surface area (Å²) >= 11 is 0. The van der Waals surface area contributed by atoms with Gasteiger partial charge in [0.1, 0.15) is 0 Å². The van der Waals surface area contributed by atoms with Crippen LogP contribution >= 0.6 is 0 Å². The molecule has 5 heteroatoms. The fourth-order valence-corrected chi connectivity index (χ4v) is 7.46. The fourth-order valence-electron chi connectivity index (χ4n) is 7.46. The number of para-hydroxylation sites is 4. The van der Waals surface area contributed by atoms with Gasteiger partial charge in [-0.3, -0.25) is 4.98 Å². The molecule has 0 aliphatic carbocycles. The number of pyridine rings is 1. The maximum absolute atomic E-state index is 4.65. The van der Waals surface area contributed by atoms with E-state index >= 15 is 0 Å². The Bertz CT molecular complexity index is 2660. The van der Waals surface area contributed by atoms with Crippen molar-refractivity contribution in [3.05, 3.63) is 231 Å². The first-order valence-electron chi connectivity index (χ1n) is 19.2. The van der Waals surface area contributed by atoms with E-state index in [1.807, 2.05) is 18.3 Å². The van der Waals surface area contributed by atoms with E-state index in [0.29, 0.717) is 0 Å². The second kappa shape index (κ2) is 16.0. The summed E-state index contributed by atoms with van der Waals surface area (Å²) in [5.41, 5.74) is 12.9. The van der Waals surface area contributed by atoms with Gasteiger partial charge in [-0.05, 0) is 146 Å². The third kappa shape index (κ3) is 7.30. The van der Waals surface area contributed by atoms with Crippen LogP contribution in [0, 0.1) is 0 Å². The number of fused-ring (bicyclic) bond motifs is 1. The van der Waals surface area contributed by atoms with Crippen molar-refractivity contribution in [3.63, 3.8) is 0 Å². The quantitative estimate of drug-likeness (QED) is 0.132. The number of anilines is 11. The van der Waals surface area contributed by atoms with Gasteiger partial charge in [-0.1, -0.05) is 78.9 Å². The zero-order valence-electron chi connectivity index (χ0n) is 31.7. The lowest BCUT2D eigenvalue weighted by molar-refractivity contribution is 1.20. The van der Waals surface area contributed by atoms with E-state index in [1.54, 1.807) is 0 Å². The highest BCUT2D eigenvalue weighted by Gasteiger charge is 2.19. The van der Waals surface area contributed by atoms with Gasteiger partial charge < -0.3 is 19.6 Å². The molecule has 0 unspecified atom stereocenters. The summed E-state index contributed by atoms with van der Waals surface area (Å²) < 4.78 is 0. The summed E-state index contributed by atoms with van der Waals surface area (Å²) in [7, 11) is 2.10. The minimum absolute atomic E-state index is 0.963. The first-order chi connectivity index (χ1) is 28.2. The third-order valence-electron chi connectivity index (χ3n) is 10.3. The van der Waals surface area contributed by atoms with E-state index in [9.17, 15) is 0 Å². The summed E-state index contributed by atoms with van der Waals surface area (Å²) in [5, 5.41) is 1.10. The summed E-state index contributed by atoms with van der Waals surface area (Å²) in [6.07, 6.45) is 1.85. The van der Waals surface area contributed by atoms with Gasteiger partial charge in [-0.25, -0.2) is 0 Å². The fraction of sp³-hybridized carbons (Fsp3) is 0.0192. The van der Waals surface area contributed by atoms with Crippen molar-refractivity contribution in [1.82, 2.24) is 4.98 Å². The van der Waals surface area contributed by atoms with Crippen molar-refractivity contribution in [2.45, 2.75) is 0 Å². The lowest BCUT2D eigenvalue weighted by Crippen LogP contribution is -2.13. The predicted molar refractivity (Wildman–Crippen MR) is 240 cm³/mol. The van der Waals surface area contributed by atoms with Gasteiger partial charge in [0.05, 0.1) is 11.2 Å². The van der Waals surface area contributed by atoms with Crippen LogP contribution in [0.4, 0.5) is 62.6 Å². The third-order valence-corrected chi connectivity index (χ3v) is 10.3. The number of hydrogen-bond donors (Lipinski definition) is 0. The first-order valence-corrected chi connectivity index (χ1v) is 19.2. The van der Waals surface area contributed by atoms with Crippen molar-refractivity contribution in [2.75, 3.05) is 26.6 Å². The molecule has 5 nitrogen and oxygen atoms in total. The van der Waals surface area contributed by atoms with Crippen molar-refractivity contribution >= 4 is 73.5 Å². The van der Waals surface area contributed by atoms with Crippen LogP contribution in [0.2, 0.25) is 0 Å². The molecule has 0 aliphatic heterocycles. The van der Waals surface area contributed by atoms with Crippen molar-refractivity contribution in [2.24, 2.45) is 0 Å². The highest BCUT2D eigenvalue weighted by Crippen LogP contribution is 2.42. The molecule has 0 aliphatic rings. The second-order valence-corrected chi connectivity index (χ2v) is 13.8. The molecule has 0 fully saturated rings. The maximum Gasteiger partial charge on any atom is 0.0723 e. The Kier molecular flexibility index (Phi) is 9.85. The van der Waals surface area contributed by atoms with Crippen LogP contribution in [0.25, 0.3) is 10.9 Å². The average molecular weight is 736 g/mol. The lowest BCUT2D eigenvalue weighted by Gasteiger charge is -2.30. The molecule has 0 saturated carbocycles. The Hall–Kier alpha value is -7.63. The van der Waals surface area contributed by atoms with Crippen LogP contribution in [0.1, 0.15) is 0 Å². The molecule has 9 aromatic rings. The number of benzene rings is 8. The maximum atomic E-state index is 4.65. The molecular formula is C52H41N5. The lowest BCUT2D eigenvalue weighted by atomic mass is 10.1. The van der Waals surface area contributed by atoms with Crippen LogP contribution in [0.5, 0.6) is 0 Å². The normalized spacial score (nSPS) is 10.9. The molecule has 1 aromatic heterocycles. The molecule has 57 heavy (non-hydrogen) atoms. The van der Waals surface area contributed by atoms with E-state index in [-0.39, 0.29) is 0 Å². The number of rotatable bonds is 11. The number of hydrogen-bond acceptors (Lipinski definition) is 5.